The number of aryl methyl sites for hydroxylation is 1. The predicted molar refractivity (Wildman–Crippen MR) is 88.4 cm³/mol. The summed E-state index contributed by atoms with van der Waals surface area (Å²) < 4.78 is 10.7. The van der Waals surface area contributed by atoms with Crippen molar-refractivity contribution in [3.05, 3.63) is 29.0 Å². The molecule has 0 bridgehead atoms. The molecule has 0 radical (unpaired) electrons. The summed E-state index contributed by atoms with van der Waals surface area (Å²) in [4.78, 5) is 16.7. The molecule has 0 aliphatic heterocycles. The highest BCUT2D eigenvalue weighted by molar-refractivity contribution is 7.13. The Hall–Kier alpha value is -1.70. The van der Waals surface area contributed by atoms with E-state index >= 15 is 0 Å². The maximum atomic E-state index is 12.2. The minimum Gasteiger partial charge on any atom is -0.459 e. The monoisotopic (exact) mass is 338 g/mol. The minimum atomic E-state index is -0.586. The zero-order valence-electron chi connectivity index (χ0n) is 13.6. The third-order valence-corrected chi connectivity index (χ3v) is 4.32. The van der Waals surface area contributed by atoms with Crippen LogP contribution in [0.25, 0.3) is 10.8 Å². The van der Waals surface area contributed by atoms with E-state index in [2.05, 4.69) is 10.3 Å². The molecule has 0 aliphatic rings. The lowest BCUT2D eigenvalue weighted by atomic mass is 9.99. The molecule has 1 amide bonds. The van der Waals surface area contributed by atoms with Gasteiger partial charge in [-0.05, 0) is 32.4 Å². The van der Waals surface area contributed by atoms with Crippen molar-refractivity contribution in [3.63, 3.8) is 0 Å². The van der Waals surface area contributed by atoms with Crippen molar-refractivity contribution >= 4 is 17.2 Å². The van der Waals surface area contributed by atoms with Crippen LogP contribution in [-0.4, -0.2) is 41.9 Å². The largest absolute Gasteiger partial charge is 0.459 e. The Morgan fingerprint density at radius 3 is 2.91 bits per heavy atom. The average molecular weight is 338 g/mol. The normalized spacial score (nSPS) is 13.7. The number of carbonyl (C=O) groups is 1. The topological polar surface area (TPSA) is 84.6 Å². The van der Waals surface area contributed by atoms with Crippen molar-refractivity contribution in [1.82, 2.24) is 10.3 Å². The summed E-state index contributed by atoms with van der Waals surface area (Å²) in [6.45, 7) is 4.05. The van der Waals surface area contributed by atoms with E-state index in [1.165, 1.54) is 11.3 Å². The van der Waals surface area contributed by atoms with Crippen LogP contribution in [0.1, 0.15) is 24.8 Å². The molecule has 0 saturated heterocycles. The third kappa shape index (κ3) is 4.89. The van der Waals surface area contributed by atoms with Gasteiger partial charge in [-0.2, -0.15) is 0 Å². The van der Waals surface area contributed by atoms with Crippen molar-refractivity contribution in [2.75, 3.05) is 20.3 Å². The summed E-state index contributed by atoms with van der Waals surface area (Å²) in [7, 11) is 1.57. The van der Waals surface area contributed by atoms with Gasteiger partial charge in [-0.1, -0.05) is 0 Å². The number of thiazole rings is 1. The SMILES string of the molecule is COCC(C)(CCO)NC(=O)Cc1csc(-c2ccc(C)o2)n1. The highest BCUT2D eigenvalue weighted by Gasteiger charge is 2.26. The zero-order valence-corrected chi connectivity index (χ0v) is 14.4. The maximum Gasteiger partial charge on any atom is 0.226 e. The smallest absolute Gasteiger partial charge is 0.226 e. The molecule has 23 heavy (non-hydrogen) atoms. The van der Waals surface area contributed by atoms with Crippen LogP contribution in [0.15, 0.2) is 21.9 Å². The number of hydrogen-bond donors (Lipinski definition) is 2. The fraction of sp³-hybridized carbons (Fsp3) is 0.500. The van der Waals surface area contributed by atoms with Gasteiger partial charge in [0.05, 0.1) is 24.3 Å². The Kier molecular flexibility index (Phi) is 5.92. The summed E-state index contributed by atoms with van der Waals surface area (Å²) in [6, 6.07) is 3.75. The van der Waals surface area contributed by atoms with Gasteiger partial charge in [0.25, 0.3) is 0 Å². The molecule has 2 rings (SSSR count). The van der Waals surface area contributed by atoms with Crippen molar-refractivity contribution in [3.8, 4) is 10.8 Å². The number of rotatable bonds is 8. The van der Waals surface area contributed by atoms with Crippen LogP contribution in [0.5, 0.6) is 0 Å². The quantitative estimate of drug-likeness (QED) is 0.770. The average Bonchev–Trinajstić information content (AvgIpc) is 3.07. The second-order valence-corrected chi connectivity index (χ2v) is 6.60. The Labute approximate surface area is 139 Å². The molecule has 0 saturated carbocycles. The number of aliphatic hydroxyl groups is 1. The fourth-order valence-corrected chi connectivity index (χ4v) is 3.11. The van der Waals surface area contributed by atoms with Crippen molar-refractivity contribution in [2.24, 2.45) is 0 Å². The number of carbonyl (C=O) groups excluding carboxylic acids is 1. The first-order valence-electron chi connectivity index (χ1n) is 7.38. The van der Waals surface area contributed by atoms with Crippen LogP contribution in [0.3, 0.4) is 0 Å². The van der Waals surface area contributed by atoms with E-state index in [0.717, 1.165) is 10.8 Å². The molecule has 1 atom stereocenters. The summed E-state index contributed by atoms with van der Waals surface area (Å²) in [5.74, 6) is 1.39. The van der Waals surface area contributed by atoms with E-state index in [0.29, 0.717) is 24.5 Å². The Morgan fingerprint density at radius 1 is 1.52 bits per heavy atom. The van der Waals surface area contributed by atoms with E-state index in [1.54, 1.807) is 7.11 Å². The number of aliphatic hydroxyl groups excluding tert-OH is 1. The second-order valence-electron chi connectivity index (χ2n) is 5.75. The number of amides is 1. The molecule has 126 valence electrons. The molecule has 2 heterocycles. The van der Waals surface area contributed by atoms with E-state index < -0.39 is 5.54 Å². The van der Waals surface area contributed by atoms with Crippen LogP contribution in [0, 0.1) is 6.92 Å². The van der Waals surface area contributed by atoms with E-state index in [4.69, 9.17) is 14.3 Å². The van der Waals surface area contributed by atoms with Gasteiger partial charge in [0, 0.05) is 19.1 Å². The molecule has 0 fully saturated rings. The van der Waals surface area contributed by atoms with Crippen LogP contribution >= 0.6 is 11.3 Å². The number of furan rings is 1. The molecule has 6 nitrogen and oxygen atoms in total. The second kappa shape index (κ2) is 7.72. The lowest BCUT2D eigenvalue weighted by Gasteiger charge is -2.29. The Bertz CT molecular complexity index is 644. The van der Waals surface area contributed by atoms with Gasteiger partial charge in [-0.25, -0.2) is 4.98 Å². The predicted octanol–water partition coefficient (Wildman–Crippen LogP) is 2.16. The number of nitrogens with zero attached hydrogens (tertiary/aromatic N) is 1. The van der Waals surface area contributed by atoms with Crippen LogP contribution < -0.4 is 5.32 Å². The number of nitrogens with one attached hydrogen (secondary N) is 1. The van der Waals surface area contributed by atoms with Crippen LogP contribution in [-0.2, 0) is 16.0 Å². The Morgan fingerprint density at radius 2 is 2.30 bits per heavy atom. The van der Waals surface area contributed by atoms with Gasteiger partial charge in [-0.15, -0.1) is 11.3 Å². The Balaban J connectivity index is 1.99. The van der Waals surface area contributed by atoms with E-state index in [9.17, 15) is 4.79 Å². The number of aromatic nitrogens is 1. The van der Waals surface area contributed by atoms with Gasteiger partial charge >= 0.3 is 0 Å². The molecular formula is C16H22N2O4S. The fourth-order valence-electron chi connectivity index (χ4n) is 2.33. The summed E-state index contributed by atoms with van der Waals surface area (Å²) in [5.41, 5.74) is 0.109. The first kappa shape index (κ1) is 17.7. The highest BCUT2D eigenvalue weighted by atomic mass is 32.1. The first-order valence-corrected chi connectivity index (χ1v) is 8.26. The molecule has 7 heteroatoms. The standard InChI is InChI=1S/C16H22N2O4S/c1-11-4-5-13(22-11)15-17-12(9-23-15)8-14(20)18-16(2,6-7-19)10-21-3/h4-5,9,19H,6-8,10H2,1-3H3,(H,18,20). The van der Waals surface area contributed by atoms with Crippen LogP contribution in [0.2, 0.25) is 0 Å². The molecule has 2 aromatic heterocycles. The molecule has 2 N–H and O–H groups in total. The van der Waals surface area contributed by atoms with Crippen LogP contribution in [0.4, 0.5) is 0 Å². The van der Waals surface area contributed by atoms with Crippen molar-refractivity contribution < 1.29 is 19.1 Å². The number of methoxy groups -OCH3 is 1. The van der Waals surface area contributed by atoms with Gasteiger partial charge in [0.15, 0.2) is 10.8 Å². The van der Waals surface area contributed by atoms with E-state index in [-0.39, 0.29) is 18.9 Å². The van der Waals surface area contributed by atoms with Gasteiger partial charge in [-0.3, -0.25) is 4.79 Å². The maximum absolute atomic E-state index is 12.2. The van der Waals surface area contributed by atoms with Crippen molar-refractivity contribution in [1.29, 1.82) is 0 Å². The zero-order chi connectivity index (χ0) is 16.9. The number of hydrogen-bond acceptors (Lipinski definition) is 6. The third-order valence-electron chi connectivity index (χ3n) is 3.41. The lowest BCUT2D eigenvalue weighted by Crippen LogP contribution is -2.50. The summed E-state index contributed by atoms with van der Waals surface area (Å²) in [6.07, 6.45) is 0.613. The molecule has 1 unspecified atom stereocenters. The van der Waals surface area contributed by atoms with Gasteiger partial charge in [0.1, 0.15) is 5.76 Å². The van der Waals surface area contributed by atoms with E-state index in [1.807, 2.05) is 31.4 Å². The van der Waals surface area contributed by atoms with Gasteiger partial charge in [0.2, 0.25) is 5.91 Å². The highest BCUT2D eigenvalue weighted by Crippen LogP contribution is 2.25. The molecular weight excluding hydrogens is 316 g/mol. The molecule has 0 spiro atoms. The first-order chi connectivity index (χ1) is 11.0. The minimum absolute atomic E-state index is 0.0150. The summed E-state index contributed by atoms with van der Waals surface area (Å²) >= 11 is 1.45. The lowest BCUT2D eigenvalue weighted by molar-refractivity contribution is -0.123. The summed E-state index contributed by atoms with van der Waals surface area (Å²) in [5, 5.41) is 14.7. The molecule has 2 aromatic rings. The molecule has 0 aromatic carbocycles. The van der Waals surface area contributed by atoms with Crippen molar-refractivity contribution in [2.45, 2.75) is 32.2 Å². The van der Waals surface area contributed by atoms with Gasteiger partial charge < -0.3 is 19.6 Å². The molecule has 0 aliphatic carbocycles. The number of ether oxygens (including phenoxy) is 1.